The largest absolute Gasteiger partial charge is 0.289 e. The molecule has 0 aliphatic heterocycles. The highest BCUT2D eigenvalue weighted by Crippen LogP contribution is 2.42. The number of pyridine rings is 1. The number of fused-ring (bicyclic) bond motifs is 7. The van der Waals surface area contributed by atoms with Crippen LogP contribution >= 0.6 is 0 Å². The number of hydrogen-bond donors (Lipinski definition) is 0. The van der Waals surface area contributed by atoms with Crippen molar-refractivity contribution in [1.82, 2.24) is 4.98 Å². The Morgan fingerprint density at radius 1 is 0.441 bits per heavy atom. The molecule has 2 nitrogen and oxygen atoms in total. The normalized spacial score (nSPS) is 12.2. The van der Waals surface area contributed by atoms with Gasteiger partial charge in [-0.1, -0.05) is 103 Å². The molecular weight excluding hydrogens is 414 g/mol. The summed E-state index contributed by atoms with van der Waals surface area (Å²) in [5, 5.41) is 4.29. The third-order valence-electron chi connectivity index (χ3n) is 6.90. The maximum absolute atomic E-state index is 13.3. The summed E-state index contributed by atoms with van der Waals surface area (Å²) < 4.78 is 0. The summed E-state index contributed by atoms with van der Waals surface area (Å²) in [6.45, 7) is 0. The van der Waals surface area contributed by atoms with Gasteiger partial charge in [0, 0.05) is 28.3 Å². The van der Waals surface area contributed by atoms with E-state index in [2.05, 4.69) is 78.9 Å². The molecule has 0 atom stereocenters. The standard InChI is InChI=1S/C32H19NO/c34-32-29-9-5-4-8-23(29)26-15-14-24-25-18-19-33-31(28(25)17-16-27(24)30(26)32)22-12-10-21(11-13-22)20-6-2-1-3-7-20/h1-19H. The van der Waals surface area contributed by atoms with Crippen LogP contribution in [0.15, 0.2) is 115 Å². The highest BCUT2D eigenvalue weighted by Gasteiger charge is 2.28. The van der Waals surface area contributed by atoms with Gasteiger partial charge in [0.15, 0.2) is 5.78 Å². The zero-order valence-electron chi connectivity index (χ0n) is 18.3. The fraction of sp³-hybridized carbons (Fsp3) is 0. The van der Waals surface area contributed by atoms with Gasteiger partial charge in [0.1, 0.15) is 0 Å². The number of ketones is 1. The van der Waals surface area contributed by atoms with Crippen LogP contribution in [0.4, 0.5) is 0 Å². The van der Waals surface area contributed by atoms with E-state index in [1.165, 1.54) is 11.1 Å². The van der Waals surface area contributed by atoms with E-state index >= 15 is 0 Å². The van der Waals surface area contributed by atoms with Crippen molar-refractivity contribution in [1.29, 1.82) is 0 Å². The molecule has 0 bridgehead atoms. The van der Waals surface area contributed by atoms with Gasteiger partial charge in [-0.2, -0.15) is 0 Å². The molecule has 0 saturated carbocycles. The first-order valence-electron chi connectivity index (χ1n) is 11.4. The number of nitrogens with zero attached hydrogens (tertiary/aromatic N) is 1. The zero-order chi connectivity index (χ0) is 22.6. The molecule has 5 aromatic carbocycles. The van der Waals surface area contributed by atoms with Crippen molar-refractivity contribution in [3.63, 3.8) is 0 Å². The minimum Gasteiger partial charge on any atom is -0.289 e. The Bertz CT molecular complexity index is 1750. The second-order valence-corrected chi connectivity index (χ2v) is 8.72. The van der Waals surface area contributed by atoms with Crippen molar-refractivity contribution in [2.24, 2.45) is 0 Å². The molecule has 0 saturated heterocycles. The third-order valence-corrected chi connectivity index (χ3v) is 6.90. The summed E-state index contributed by atoms with van der Waals surface area (Å²) in [4.78, 5) is 18.0. The lowest BCUT2D eigenvalue weighted by atomic mass is 9.93. The molecule has 1 aliphatic carbocycles. The summed E-state index contributed by atoms with van der Waals surface area (Å²) >= 11 is 0. The zero-order valence-corrected chi connectivity index (χ0v) is 18.3. The van der Waals surface area contributed by atoms with Crippen LogP contribution in [0, 0.1) is 0 Å². The van der Waals surface area contributed by atoms with E-state index in [1.807, 2.05) is 36.5 Å². The van der Waals surface area contributed by atoms with Crippen LogP contribution < -0.4 is 0 Å². The first-order chi connectivity index (χ1) is 16.8. The second-order valence-electron chi connectivity index (χ2n) is 8.72. The van der Waals surface area contributed by atoms with Crippen LogP contribution in [-0.4, -0.2) is 10.8 Å². The second kappa shape index (κ2) is 7.23. The Hall–Kier alpha value is -4.56. The number of aromatic nitrogens is 1. The fourth-order valence-corrected chi connectivity index (χ4v) is 5.27. The van der Waals surface area contributed by atoms with Gasteiger partial charge in [0.05, 0.1) is 5.69 Å². The molecule has 1 aromatic heterocycles. The molecular formula is C32H19NO. The minimum absolute atomic E-state index is 0.112. The number of hydrogen-bond acceptors (Lipinski definition) is 2. The Labute approximate surface area is 197 Å². The van der Waals surface area contributed by atoms with Crippen LogP contribution in [0.3, 0.4) is 0 Å². The van der Waals surface area contributed by atoms with E-state index in [0.29, 0.717) is 0 Å². The number of carbonyl (C=O) groups is 1. The van der Waals surface area contributed by atoms with Crippen LogP contribution in [0.1, 0.15) is 15.9 Å². The molecule has 158 valence electrons. The summed E-state index contributed by atoms with van der Waals surface area (Å²) in [5.74, 6) is 0.112. The maximum Gasteiger partial charge on any atom is 0.194 e. The van der Waals surface area contributed by atoms with E-state index in [9.17, 15) is 4.79 Å². The highest BCUT2D eigenvalue weighted by molar-refractivity contribution is 6.29. The summed E-state index contributed by atoms with van der Waals surface area (Å²) in [7, 11) is 0. The van der Waals surface area contributed by atoms with E-state index in [4.69, 9.17) is 4.98 Å². The van der Waals surface area contributed by atoms with Crippen molar-refractivity contribution in [3.8, 4) is 33.5 Å². The molecule has 0 radical (unpaired) electrons. The average Bonchev–Trinajstić information content (AvgIpc) is 3.21. The predicted molar refractivity (Wildman–Crippen MR) is 139 cm³/mol. The Balaban J connectivity index is 1.40. The molecule has 2 heteroatoms. The monoisotopic (exact) mass is 433 g/mol. The van der Waals surface area contributed by atoms with E-state index < -0.39 is 0 Å². The van der Waals surface area contributed by atoms with Crippen molar-refractivity contribution in [2.75, 3.05) is 0 Å². The molecule has 0 N–H and O–H groups in total. The van der Waals surface area contributed by atoms with Gasteiger partial charge in [0.2, 0.25) is 0 Å². The Kier molecular flexibility index (Phi) is 4.03. The Morgan fingerprint density at radius 2 is 1.06 bits per heavy atom. The van der Waals surface area contributed by atoms with Crippen LogP contribution in [0.25, 0.3) is 55.1 Å². The fourth-order valence-electron chi connectivity index (χ4n) is 5.27. The maximum atomic E-state index is 13.3. The van der Waals surface area contributed by atoms with Gasteiger partial charge in [-0.25, -0.2) is 0 Å². The van der Waals surface area contributed by atoms with Crippen LogP contribution in [0.5, 0.6) is 0 Å². The predicted octanol–water partition coefficient (Wildman–Crippen LogP) is 7.93. The van der Waals surface area contributed by atoms with Crippen molar-refractivity contribution < 1.29 is 4.79 Å². The molecule has 1 aliphatic rings. The summed E-state index contributed by atoms with van der Waals surface area (Å²) in [6, 6.07) is 37.3. The van der Waals surface area contributed by atoms with E-state index in [0.717, 1.165) is 55.1 Å². The van der Waals surface area contributed by atoms with Gasteiger partial charge in [-0.3, -0.25) is 9.78 Å². The van der Waals surface area contributed by atoms with Crippen LogP contribution in [0.2, 0.25) is 0 Å². The molecule has 0 spiro atoms. The number of benzene rings is 5. The summed E-state index contributed by atoms with van der Waals surface area (Å²) in [6.07, 6.45) is 1.87. The first kappa shape index (κ1) is 19.0. The van der Waals surface area contributed by atoms with Gasteiger partial charge >= 0.3 is 0 Å². The number of carbonyl (C=O) groups excluding carboxylic acids is 1. The minimum atomic E-state index is 0.112. The molecule has 1 heterocycles. The van der Waals surface area contributed by atoms with Gasteiger partial charge in [0.25, 0.3) is 0 Å². The number of rotatable bonds is 2. The van der Waals surface area contributed by atoms with Crippen LogP contribution in [-0.2, 0) is 0 Å². The van der Waals surface area contributed by atoms with Gasteiger partial charge < -0.3 is 0 Å². The molecule has 6 aromatic rings. The molecule has 0 unspecified atom stereocenters. The Morgan fingerprint density at radius 3 is 1.88 bits per heavy atom. The smallest absolute Gasteiger partial charge is 0.194 e. The lowest BCUT2D eigenvalue weighted by molar-refractivity contribution is 0.104. The van der Waals surface area contributed by atoms with Crippen molar-refractivity contribution in [3.05, 3.63) is 127 Å². The lowest BCUT2D eigenvalue weighted by Gasteiger charge is -2.11. The SMILES string of the molecule is O=C1c2ccccc2-c2ccc3c(ccc4c(-c5ccc(-c6ccccc6)cc5)nccc43)c21. The van der Waals surface area contributed by atoms with Crippen molar-refractivity contribution in [2.45, 2.75) is 0 Å². The highest BCUT2D eigenvalue weighted by atomic mass is 16.1. The molecule has 34 heavy (non-hydrogen) atoms. The van der Waals surface area contributed by atoms with Gasteiger partial charge in [-0.05, 0) is 44.5 Å². The van der Waals surface area contributed by atoms with Crippen molar-refractivity contribution >= 4 is 27.3 Å². The molecule has 0 fully saturated rings. The average molecular weight is 434 g/mol. The van der Waals surface area contributed by atoms with Gasteiger partial charge in [-0.15, -0.1) is 0 Å². The first-order valence-corrected chi connectivity index (χ1v) is 11.4. The van der Waals surface area contributed by atoms with E-state index in [1.54, 1.807) is 0 Å². The molecule has 7 rings (SSSR count). The summed E-state index contributed by atoms with van der Waals surface area (Å²) in [5.41, 5.74) is 8.07. The quantitative estimate of drug-likeness (QED) is 0.259. The molecule has 0 amide bonds. The third kappa shape index (κ3) is 2.69. The lowest BCUT2D eigenvalue weighted by Crippen LogP contribution is -1.96. The van der Waals surface area contributed by atoms with E-state index in [-0.39, 0.29) is 5.78 Å². The topological polar surface area (TPSA) is 30.0 Å².